The van der Waals surface area contributed by atoms with Gasteiger partial charge >= 0.3 is 0 Å². The van der Waals surface area contributed by atoms with E-state index in [1.807, 2.05) is 0 Å². The van der Waals surface area contributed by atoms with Crippen molar-refractivity contribution in [2.45, 2.75) is 18.9 Å². The van der Waals surface area contributed by atoms with Crippen LogP contribution in [0.15, 0.2) is 0 Å². The zero-order valence-electron chi connectivity index (χ0n) is 2.57. The number of hydrogen-bond acceptors (Lipinski definition) is 1. The molecule has 0 amide bonds. The molecule has 0 heterocycles. The summed E-state index contributed by atoms with van der Waals surface area (Å²) in [6.07, 6.45) is 2.53. The lowest BCUT2D eigenvalue weighted by atomic mass is 11.8. The lowest BCUT2D eigenvalue weighted by Crippen LogP contribution is -1.94. The second-order valence-electron chi connectivity index (χ2n) is 1.34. The normalized spacial score (nSPS) is 26.2. The molecule has 0 atom stereocenters. The van der Waals surface area contributed by atoms with Gasteiger partial charge in [-0.3, -0.25) is 0 Å². The molecular formula is C3H7N. The average molecular weight is 61.1 g/mol. The molecule has 1 aliphatic rings. The third-order valence-electron chi connectivity index (χ3n) is 0.622. The zero-order chi connectivity index (χ0) is 2.99. The molecule has 1 heteroatoms. The van der Waals surface area contributed by atoms with Crippen molar-refractivity contribution in [2.24, 2.45) is 5.73 Å². The van der Waals surface area contributed by atoms with Gasteiger partial charge in [0.15, 0.2) is 0 Å². The van der Waals surface area contributed by atoms with Crippen LogP contribution in [0.5, 0.6) is 0 Å². The van der Waals surface area contributed by atoms with Crippen molar-refractivity contribution in [3.05, 3.63) is 0 Å². The summed E-state index contributed by atoms with van der Waals surface area (Å²) >= 11 is 0. The molecule has 1 saturated carbocycles. The van der Waals surface area contributed by atoms with Crippen molar-refractivity contribution in [2.75, 3.05) is 0 Å². The molecular weight excluding hydrogens is 54.0 g/mol. The smallest absolute Gasteiger partial charge is 0.00399 e. The van der Waals surface area contributed by atoms with Crippen LogP contribution in [0.4, 0.5) is 0 Å². The monoisotopic (exact) mass is 61.1 g/mol. The van der Waals surface area contributed by atoms with Crippen molar-refractivity contribution in [3.63, 3.8) is 0 Å². The quantitative estimate of drug-likeness (QED) is 0.312. The second kappa shape index (κ2) is 0.462. The Morgan fingerprint density at radius 1 is 1.50 bits per heavy atom. The molecule has 4 heavy (non-hydrogen) atoms. The Kier molecular flexibility index (Phi) is 0.256. The number of rotatable bonds is 0. The van der Waals surface area contributed by atoms with E-state index in [4.69, 9.17) is 5.73 Å². The van der Waals surface area contributed by atoms with Crippen LogP contribution in [0.2, 0.25) is 0 Å². The maximum Gasteiger partial charge on any atom is 0.00399 e. The minimum Gasteiger partial charge on any atom is -0.328 e. The van der Waals surface area contributed by atoms with Gasteiger partial charge in [-0.2, -0.15) is 0 Å². The van der Waals surface area contributed by atoms with Crippen LogP contribution in [0, 0.1) is 0 Å². The van der Waals surface area contributed by atoms with Gasteiger partial charge in [0.05, 0.1) is 0 Å². The molecule has 1 aliphatic carbocycles. The lowest BCUT2D eigenvalue weighted by molar-refractivity contribution is 1.07. The predicted molar refractivity (Wildman–Crippen MR) is 17.2 cm³/mol. The summed E-state index contributed by atoms with van der Waals surface area (Å²) in [5.41, 5.74) is 5.22. The molecule has 1 rings (SSSR count). The molecule has 0 bridgehead atoms. The zero-order valence-corrected chi connectivity index (χ0v) is 2.57. The van der Waals surface area contributed by atoms with Crippen LogP contribution in [0.25, 0.3) is 0 Å². The molecule has 1 fully saturated rings. The Hall–Kier alpha value is -0.0400. The molecule has 0 radical (unpaired) electrons. The molecule has 2 N–H and O–H groups in total. The maximum absolute atomic E-state index is 5.22. The Labute approximate surface area is 25.8 Å². The highest BCUT2D eigenvalue weighted by Gasteiger charge is 2.13. The third kappa shape index (κ3) is 0.206. The Bertz CT molecular complexity index is 22.5. The van der Waals surface area contributed by atoms with E-state index in [2.05, 4.69) is 0 Å². The van der Waals surface area contributed by atoms with Crippen molar-refractivity contribution < 1.29 is 0 Å². The molecule has 0 spiro atoms. The van der Waals surface area contributed by atoms with Crippen LogP contribution < -0.4 is 5.73 Å². The van der Waals surface area contributed by atoms with E-state index < -0.39 is 0 Å². The van der Waals surface area contributed by atoms with Gasteiger partial charge in [-0.1, -0.05) is 0 Å². The SMILES string of the molecule is [15NH2][13CH]1[13CH2][13CH2]1. The molecule has 0 saturated heterocycles. The summed E-state index contributed by atoms with van der Waals surface area (Å²) in [6, 6.07) is 0.583. The first-order chi connectivity index (χ1) is 1.89. The highest BCUT2D eigenvalue weighted by molar-refractivity contribution is 4.75. The summed E-state index contributed by atoms with van der Waals surface area (Å²) in [4.78, 5) is 0. The van der Waals surface area contributed by atoms with Crippen molar-refractivity contribution in [3.8, 4) is 0 Å². The fourth-order valence-corrected chi connectivity index (χ4v) is 0.0962. The largest absolute Gasteiger partial charge is 0.328 e. The van der Waals surface area contributed by atoms with Crippen molar-refractivity contribution in [1.82, 2.24) is 0 Å². The van der Waals surface area contributed by atoms with Crippen LogP contribution in [0.3, 0.4) is 0 Å². The fourth-order valence-electron chi connectivity index (χ4n) is 0.0962. The molecule has 0 aromatic carbocycles. The van der Waals surface area contributed by atoms with Crippen molar-refractivity contribution >= 4 is 0 Å². The van der Waals surface area contributed by atoms with Crippen LogP contribution >= 0.6 is 0 Å². The van der Waals surface area contributed by atoms with Gasteiger partial charge in [0.25, 0.3) is 0 Å². The molecule has 0 aromatic rings. The van der Waals surface area contributed by atoms with Gasteiger partial charge in [0, 0.05) is 6.04 Å². The van der Waals surface area contributed by atoms with Gasteiger partial charge in [-0.25, -0.2) is 0 Å². The van der Waals surface area contributed by atoms with Gasteiger partial charge in [-0.15, -0.1) is 0 Å². The Balaban J connectivity index is 2.17. The number of nitrogens with two attached hydrogens (primary N) is 1. The van der Waals surface area contributed by atoms with Crippen molar-refractivity contribution in [1.29, 1.82) is 0 Å². The van der Waals surface area contributed by atoms with Gasteiger partial charge in [-0.05, 0) is 12.8 Å². The van der Waals surface area contributed by atoms with E-state index in [0.29, 0.717) is 6.04 Å². The minimum atomic E-state index is 0.583. The first kappa shape index (κ1) is 2.21. The summed E-state index contributed by atoms with van der Waals surface area (Å²) in [5, 5.41) is 0. The van der Waals surface area contributed by atoms with Crippen LogP contribution in [0.1, 0.15) is 12.8 Å². The second-order valence-corrected chi connectivity index (χ2v) is 1.34. The topological polar surface area (TPSA) is 26.0 Å². The van der Waals surface area contributed by atoms with E-state index in [1.54, 1.807) is 0 Å². The van der Waals surface area contributed by atoms with E-state index in [0.717, 1.165) is 0 Å². The molecule has 24 valence electrons. The molecule has 1 nitrogen and oxygen atoms in total. The Morgan fingerprint density at radius 2 is 1.75 bits per heavy atom. The van der Waals surface area contributed by atoms with Crippen LogP contribution in [-0.2, 0) is 0 Å². The van der Waals surface area contributed by atoms with E-state index in [9.17, 15) is 0 Å². The standard InChI is InChI=1S/C3H7N/c4-3-1-2-3/h3H,1-2,4H2/i1+1,2+1,3+1,4+1. The average Bonchev–Trinajstić information content (AvgIpc) is 1.75. The van der Waals surface area contributed by atoms with Gasteiger partial charge < -0.3 is 5.73 Å². The van der Waals surface area contributed by atoms with Gasteiger partial charge in [0.2, 0.25) is 0 Å². The summed E-state index contributed by atoms with van der Waals surface area (Å²) < 4.78 is 0. The van der Waals surface area contributed by atoms with Crippen LogP contribution in [-0.4, -0.2) is 6.04 Å². The minimum absolute atomic E-state index is 0.583. The first-order valence-electron chi connectivity index (χ1n) is 1.65. The molecule has 0 unspecified atom stereocenters. The van der Waals surface area contributed by atoms with E-state index in [-0.39, 0.29) is 0 Å². The highest BCUT2D eigenvalue weighted by atomic mass is 15.7. The summed E-state index contributed by atoms with van der Waals surface area (Å²) in [5.74, 6) is 0. The maximum atomic E-state index is 5.22. The summed E-state index contributed by atoms with van der Waals surface area (Å²) in [6.45, 7) is 0. The van der Waals surface area contributed by atoms with Gasteiger partial charge in [0.1, 0.15) is 0 Å². The van der Waals surface area contributed by atoms with E-state index in [1.165, 1.54) is 12.8 Å². The predicted octanol–water partition coefficient (Wildman–Crippen LogP) is 0.107. The Morgan fingerprint density at radius 3 is 1.75 bits per heavy atom. The first-order valence-corrected chi connectivity index (χ1v) is 1.65. The lowest BCUT2D eigenvalue weighted by Gasteiger charge is -1.58. The molecule has 0 aromatic heterocycles. The number of hydrogen-bond donors (Lipinski definition) is 1. The highest BCUT2D eigenvalue weighted by Crippen LogP contribution is 2.13. The third-order valence-corrected chi connectivity index (χ3v) is 0.622. The fraction of sp³-hybridized carbons (Fsp3) is 1.00. The van der Waals surface area contributed by atoms with E-state index >= 15 is 0 Å². The molecule has 0 aliphatic heterocycles. The summed E-state index contributed by atoms with van der Waals surface area (Å²) in [7, 11) is 0.